The van der Waals surface area contributed by atoms with Crippen molar-refractivity contribution in [1.29, 1.82) is 5.26 Å². The SMILES string of the molecule is N#Cc1ccc(NCc2ccc(C(=O)O)cc2Br)c(F)c1. The van der Waals surface area contributed by atoms with Crippen LogP contribution in [0.5, 0.6) is 0 Å². The number of nitriles is 1. The van der Waals surface area contributed by atoms with Crippen LogP contribution in [-0.4, -0.2) is 11.1 Å². The van der Waals surface area contributed by atoms with E-state index in [0.717, 1.165) is 11.6 Å². The minimum absolute atomic E-state index is 0.176. The van der Waals surface area contributed by atoms with Gasteiger partial charge >= 0.3 is 5.97 Å². The zero-order valence-corrected chi connectivity index (χ0v) is 12.3. The van der Waals surface area contributed by atoms with Crippen molar-refractivity contribution < 1.29 is 14.3 Å². The average Bonchev–Trinajstić information content (AvgIpc) is 2.46. The van der Waals surface area contributed by atoms with Gasteiger partial charge in [0.1, 0.15) is 5.82 Å². The molecule has 0 aliphatic carbocycles. The van der Waals surface area contributed by atoms with Crippen molar-refractivity contribution in [3.05, 3.63) is 63.4 Å². The van der Waals surface area contributed by atoms with Gasteiger partial charge in [-0.25, -0.2) is 9.18 Å². The molecule has 2 N–H and O–H groups in total. The summed E-state index contributed by atoms with van der Waals surface area (Å²) in [7, 11) is 0. The third-order valence-electron chi connectivity index (χ3n) is 2.87. The smallest absolute Gasteiger partial charge is 0.335 e. The van der Waals surface area contributed by atoms with Gasteiger partial charge in [-0.2, -0.15) is 5.26 Å². The van der Waals surface area contributed by atoms with E-state index in [1.165, 1.54) is 24.3 Å². The van der Waals surface area contributed by atoms with Crippen LogP contribution in [0.25, 0.3) is 0 Å². The summed E-state index contributed by atoms with van der Waals surface area (Å²) in [5, 5.41) is 20.5. The molecule has 0 heterocycles. The van der Waals surface area contributed by atoms with Crippen molar-refractivity contribution in [2.24, 2.45) is 0 Å². The van der Waals surface area contributed by atoms with Gasteiger partial charge in [0, 0.05) is 11.0 Å². The number of hydrogen-bond acceptors (Lipinski definition) is 3. The minimum Gasteiger partial charge on any atom is -0.478 e. The Morgan fingerprint density at radius 1 is 1.33 bits per heavy atom. The third-order valence-corrected chi connectivity index (χ3v) is 3.61. The van der Waals surface area contributed by atoms with Gasteiger partial charge in [-0.15, -0.1) is 0 Å². The number of nitrogens with zero attached hydrogens (tertiary/aromatic N) is 1. The molecule has 0 saturated carbocycles. The zero-order chi connectivity index (χ0) is 15.4. The highest BCUT2D eigenvalue weighted by atomic mass is 79.9. The molecule has 2 aromatic carbocycles. The largest absolute Gasteiger partial charge is 0.478 e. The number of rotatable bonds is 4. The number of aromatic carboxylic acids is 1. The van der Waals surface area contributed by atoms with Crippen LogP contribution in [0.4, 0.5) is 10.1 Å². The molecule has 0 aromatic heterocycles. The fraction of sp³-hybridized carbons (Fsp3) is 0.0667. The number of halogens is 2. The molecule has 2 aromatic rings. The predicted octanol–water partition coefficient (Wildman–Crippen LogP) is 3.77. The lowest BCUT2D eigenvalue weighted by Crippen LogP contribution is -2.04. The Hall–Kier alpha value is -2.39. The van der Waals surface area contributed by atoms with Gasteiger partial charge in [0.05, 0.1) is 22.9 Å². The van der Waals surface area contributed by atoms with E-state index in [0.29, 0.717) is 11.0 Å². The van der Waals surface area contributed by atoms with E-state index < -0.39 is 11.8 Å². The highest BCUT2D eigenvalue weighted by Crippen LogP contribution is 2.21. The molecular formula is C15H10BrFN2O2. The number of carboxylic acids is 1. The van der Waals surface area contributed by atoms with Crippen molar-refractivity contribution in [2.75, 3.05) is 5.32 Å². The molecule has 0 bridgehead atoms. The molecule has 0 atom stereocenters. The summed E-state index contributed by atoms with van der Waals surface area (Å²) in [4.78, 5) is 10.8. The highest BCUT2D eigenvalue weighted by Gasteiger charge is 2.08. The molecule has 106 valence electrons. The second kappa shape index (κ2) is 6.37. The summed E-state index contributed by atoms with van der Waals surface area (Å²) in [5.74, 6) is -1.51. The molecule has 0 amide bonds. The molecule has 0 aliphatic rings. The fourth-order valence-corrected chi connectivity index (χ4v) is 2.26. The predicted molar refractivity (Wildman–Crippen MR) is 79.5 cm³/mol. The van der Waals surface area contributed by atoms with E-state index in [1.54, 1.807) is 6.07 Å². The van der Waals surface area contributed by atoms with E-state index in [2.05, 4.69) is 21.2 Å². The van der Waals surface area contributed by atoms with Gasteiger partial charge in [0.25, 0.3) is 0 Å². The molecule has 0 spiro atoms. The van der Waals surface area contributed by atoms with Crippen molar-refractivity contribution in [1.82, 2.24) is 0 Å². The quantitative estimate of drug-likeness (QED) is 0.881. The van der Waals surface area contributed by atoms with Crippen LogP contribution in [0, 0.1) is 17.1 Å². The minimum atomic E-state index is -1.01. The third kappa shape index (κ3) is 3.58. The van der Waals surface area contributed by atoms with Gasteiger partial charge in [0.15, 0.2) is 0 Å². The molecule has 21 heavy (non-hydrogen) atoms. The first-order chi connectivity index (χ1) is 10.0. The maximum atomic E-state index is 13.7. The van der Waals surface area contributed by atoms with Gasteiger partial charge in [0.2, 0.25) is 0 Å². The number of nitrogens with one attached hydrogen (secondary N) is 1. The Morgan fingerprint density at radius 2 is 2.10 bits per heavy atom. The maximum absolute atomic E-state index is 13.7. The van der Waals surface area contributed by atoms with Crippen LogP contribution in [0.1, 0.15) is 21.5 Å². The molecule has 0 saturated heterocycles. The first-order valence-corrected chi connectivity index (χ1v) is 6.76. The second-order valence-corrected chi connectivity index (χ2v) is 5.13. The Balaban J connectivity index is 2.13. The molecule has 0 fully saturated rings. The summed E-state index contributed by atoms with van der Waals surface area (Å²) < 4.78 is 14.3. The van der Waals surface area contributed by atoms with Gasteiger partial charge in [-0.05, 0) is 35.9 Å². The molecule has 0 aliphatic heterocycles. The topological polar surface area (TPSA) is 73.1 Å². The van der Waals surface area contributed by atoms with E-state index in [9.17, 15) is 9.18 Å². The van der Waals surface area contributed by atoms with Crippen molar-refractivity contribution in [3.63, 3.8) is 0 Å². The van der Waals surface area contributed by atoms with Crippen LogP contribution in [-0.2, 0) is 6.54 Å². The van der Waals surface area contributed by atoms with Gasteiger partial charge in [-0.3, -0.25) is 0 Å². The highest BCUT2D eigenvalue weighted by molar-refractivity contribution is 9.10. The Morgan fingerprint density at radius 3 is 2.67 bits per heavy atom. The maximum Gasteiger partial charge on any atom is 0.335 e. The van der Waals surface area contributed by atoms with Crippen LogP contribution in [0.3, 0.4) is 0 Å². The van der Waals surface area contributed by atoms with Crippen LogP contribution < -0.4 is 5.32 Å². The first-order valence-electron chi connectivity index (χ1n) is 5.96. The molecule has 4 nitrogen and oxygen atoms in total. The van der Waals surface area contributed by atoms with Crippen molar-refractivity contribution >= 4 is 27.6 Å². The lowest BCUT2D eigenvalue weighted by molar-refractivity contribution is 0.0697. The van der Waals surface area contributed by atoms with Crippen LogP contribution in [0.2, 0.25) is 0 Å². The van der Waals surface area contributed by atoms with E-state index in [-0.39, 0.29) is 16.8 Å². The van der Waals surface area contributed by atoms with Crippen LogP contribution >= 0.6 is 15.9 Å². The summed E-state index contributed by atoms with van der Waals surface area (Å²) in [5.41, 5.74) is 1.51. The summed E-state index contributed by atoms with van der Waals surface area (Å²) in [6.07, 6.45) is 0. The number of anilines is 1. The zero-order valence-electron chi connectivity index (χ0n) is 10.7. The number of hydrogen-bond donors (Lipinski definition) is 2. The fourth-order valence-electron chi connectivity index (χ4n) is 1.74. The lowest BCUT2D eigenvalue weighted by atomic mass is 10.1. The molecule has 2 rings (SSSR count). The molecule has 6 heteroatoms. The lowest BCUT2D eigenvalue weighted by Gasteiger charge is -2.10. The van der Waals surface area contributed by atoms with Gasteiger partial charge in [-0.1, -0.05) is 22.0 Å². The second-order valence-electron chi connectivity index (χ2n) is 4.27. The number of benzene rings is 2. The normalized spacial score (nSPS) is 9.95. The standard InChI is InChI=1S/C15H10BrFN2O2/c16-12-6-10(15(20)21)2-3-11(12)8-19-14-4-1-9(7-18)5-13(14)17/h1-6,19H,8H2,(H,20,21). The van der Waals surface area contributed by atoms with Crippen molar-refractivity contribution in [3.8, 4) is 6.07 Å². The first kappa shape index (κ1) is 15.0. The summed E-state index contributed by atoms with van der Waals surface area (Å²) in [6.45, 7) is 0.323. The summed E-state index contributed by atoms with van der Waals surface area (Å²) >= 11 is 3.29. The average molecular weight is 349 g/mol. The Labute approximate surface area is 129 Å². The molecule has 0 unspecified atom stereocenters. The number of carbonyl (C=O) groups is 1. The van der Waals surface area contributed by atoms with Crippen LogP contribution in [0.15, 0.2) is 40.9 Å². The van der Waals surface area contributed by atoms with Crippen molar-refractivity contribution in [2.45, 2.75) is 6.54 Å². The van der Waals surface area contributed by atoms with E-state index >= 15 is 0 Å². The van der Waals surface area contributed by atoms with E-state index in [1.807, 2.05) is 6.07 Å². The van der Waals surface area contributed by atoms with E-state index in [4.69, 9.17) is 10.4 Å². The Bertz CT molecular complexity index is 741. The van der Waals surface area contributed by atoms with Gasteiger partial charge < -0.3 is 10.4 Å². The Kier molecular flexibility index (Phi) is 4.55. The number of carboxylic acid groups (broad SMARTS) is 1. The molecular weight excluding hydrogens is 339 g/mol. The summed E-state index contributed by atoms with van der Waals surface area (Å²) in [6, 6.07) is 10.7. The monoisotopic (exact) mass is 348 g/mol. The molecule has 0 radical (unpaired) electrons.